The van der Waals surface area contributed by atoms with Gasteiger partial charge in [-0.25, -0.2) is 0 Å². The van der Waals surface area contributed by atoms with E-state index in [1.165, 1.54) is 0 Å². The van der Waals surface area contributed by atoms with Gasteiger partial charge in [0.05, 0.1) is 5.41 Å². The maximum atomic E-state index is 12.2. The van der Waals surface area contributed by atoms with E-state index in [4.69, 9.17) is 0 Å². The molecule has 0 aliphatic heterocycles. The van der Waals surface area contributed by atoms with Gasteiger partial charge in [-0.2, -0.15) is 0 Å². The summed E-state index contributed by atoms with van der Waals surface area (Å²) in [6.07, 6.45) is 2.14. The van der Waals surface area contributed by atoms with Gasteiger partial charge < -0.3 is 0 Å². The molecule has 0 spiro atoms. The molecule has 1 aliphatic rings. The molecule has 19 heavy (non-hydrogen) atoms. The monoisotopic (exact) mass is 274 g/mol. The predicted octanol–water partition coefficient (Wildman–Crippen LogP) is 3.66. The van der Waals surface area contributed by atoms with Crippen LogP contribution < -0.4 is 0 Å². The van der Waals surface area contributed by atoms with Crippen molar-refractivity contribution in [2.45, 2.75) is 31.6 Å². The zero-order valence-electron chi connectivity index (χ0n) is 11.3. The van der Waals surface area contributed by atoms with Crippen LogP contribution in [0.3, 0.4) is 0 Å². The minimum atomic E-state index is -0.634. The van der Waals surface area contributed by atoms with E-state index in [0.29, 0.717) is 17.7 Å². The quantitative estimate of drug-likeness (QED) is 0.620. The first-order valence-corrected chi connectivity index (χ1v) is 7.43. The third kappa shape index (κ3) is 2.81. The fraction of sp³-hybridized carbons (Fsp3) is 0.375. The highest BCUT2D eigenvalue weighted by Gasteiger charge is 2.40. The van der Waals surface area contributed by atoms with Crippen LogP contribution >= 0.6 is 11.8 Å². The molecule has 1 atom stereocenters. The number of Topliss-reactive ketones (excluding diaryl/α,β-unsaturated/α-hetero) is 1. The number of thioether (sulfide) groups is 1. The van der Waals surface area contributed by atoms with Gasteiger partial charge in [-0.15, -0.1) is 11.8 Å². The smallest absolute Gasteiger partial charge is 0.147 e. The van der Waals surface area contributed by atoms with Crippen molar-refractivity contribution in [3.05, 3.63) is 41.5 Å². The SMILES string of the molecule is CC1=C(C=O)C(C)(CSc2ccccc2)C(=O)CC1. The van der Waals surface area contributed by atoms with Crippen molar-refractivity contribution in [1.82, 2.24) is 0 Å². The van der Waals surface area contributed by atoms with E-state index < -0.39 is 5.41 Å². The summed E-state index contributed by atoms with van der Waals surface area (Å²) in [6.45, 7) is 3.86. The molecule has 0 radical (unpaired) electrons. The third-order valence-electron chi connectivity index (χ3n) is 3.79. The van der Waals surface area contributed by atoms with Crippen molar-refractivity contribution in [2.75, 3.05) is 5.75 Å². The highest BCUT2D eigenvalue weighted by atomic mass is 32.2. The average Bonchev–Trinajstić information content (AvgIpc) is 2.43. The number of aldehydes is 1. The van der Waals surface area contributed by atoms with Gasteiger partial charge in [0.15, 0.2) is 0 Å². The van der Waals surface area contributed by atoms with Gasteiger partial charge in [0, 0.05) is 22.6 Å². The molecule has 2 rings (SSSR count). The zero-order valence-corrected chi connectivity index (χ0v) is 12.1. The Morgan fingerprint density at radius 3 is 2.58 bits per heavy atom. The lowest BCUT2D eigenvalue weighted by Gasteiger charge is -2.33. The number of ketones is 1. The van der Waals surface area contributed by atoms with E-state index in [9.17, 15) is 9.59 Å². The number of benzene rings is 1. The van der Waals surface area contributed by atoms with Gasteiger partial charge in [-0.3, -0.25) is 9.59 Å². The summed E-state index contributed by atoms with van der Waals surface area (Å²) in [6, 6.07) is 9.99. The maximum Gasteiger partial charge on any atom is 0.147 e. The van der Waals surface area contributed by atoms with E-state index in [-0.39, 0.29) is 5.78 Å². The normalized spacial score (nSPS) is 23.6. The summed E-state index contributed by atoms with van der Waals surface area (Å²) in [5.41, 5.74) is 1.11. The molecule has 0 bridgehead atoms. The molecule has 1 aliphatic carbocycles. The molecular formula is C16H18O2S. The number of carbonyl (C=O) groups is 2. The van der Waals surface area contributed by atoms with Crippen LogP contribution in [-0.2, 0) is 9.59 Å². The summed E-state index contributed by atoms with van der Waals surface area (Å²) in [4.78, 5) is 24.7. The average molecular weight is 274 g/mol. The molecule has 3 heteroatoms. The second-order valence-electron chi connectivity index (χ2n) is 5.17. The van der Waals surface area contributed by atoms with Crippen LogP contribution in [0.1, 0.15) is 26.7 Å². The molecule has 0 fully saturated rings. The maximum absolute atomic E-state index is 12.2. The fourth-order valence-electron chi connectivity index (χ4n) is 2.47. The van der Waals surface area contributed by atoms with Crippen LogP contribution in [0.25, 0.3) is 0 Å². The minimum Gasteiger partial charge on any atom is -0.299 e. The zero-order chi connectivity index (χ0) is 13.9. The first kappa shape index (κ1) is 14.1. The van der Waals surface area contributed by atoms with Gasteiger partial charge in [0.2, 0.25) is 0 Å². The Hall–Kier alpha value is -1.35. The summed E-state index contributed by atoms with van der Waals surface area (Å²) in [7, 11) is 0. The first-order valence-electron chi connectivity index (χ1n) is 6.44. The van der Waals surface area contributed by atoms with Crippen LogP contribution in [0, 0.1) is 5.41 Å². The second kappa shape index (κ2) is 5.74. The first-order chi connectivity index (χ1) is 9.08. The number of hydrogen-bond donors (Lipinski definition) is 0. The van der Waals surface area contributed by atoms with E-state index in [0.717, 1.165) is 23.2 Å². The van der Waals surface area contributed by atoms with Crippen molar-refractivity contribution < 1.29 is 9.59 Å². The van der Waals surface area contributed by atoms with Crippen molar-refractivity contribution in [3.63, 3.8) is 0 Å². The number of allylic oxidation sites excluding steroid dienone is 2. The lowest BCUT2D eigenvalue weighted by Crippen LogP contribution is -2.36. The molecule has 1 unspecified atom stereocenters. The summed E-state index contributed by atoms with van der Waals surface area (Å²) >= 11 is 1.64. The fourth-order valence-corrected chi connectivity index (χ4v) is 3.59. The topological polar surface area (TPSA) is 34.1 Å². The third-order valence-corrected chi connectivity index (χ3v) is 5.11. The van der Waals surface area contributed by atoms with Crippen LogP contribution in [0.5, 0.6) is 0 Å². The largest absolute Gasteiger partial charge is 0.299 e. The van der Waals surface area contributed by atoms with Crippen LogP contribution in [-0.4, -0.2) is 17.8 Å². The number of carbonyl (C=O) groups excluding carboxylic acids is 2. The second-order valence-corrected chi connectivity index (χ2v) is 6.22. The molecular weight excluding hydrogens is 256 g/mol. The molecule has 0 N–H and O–H groups in total. The Kier molecular flexibility index (Phi) is 4.25. The highest BCUT2D eigenvalue weighted by molar-refractivity contribution is 7.99. The Balaban J connectivity index is 2.22. The predicted molar refractivity (Wildman–Crippen MR) is 78.3 cm³/mol. The molecule has 0 aromatic heterocycles. The molecule has 0 saturated carbocycles. The summed E-state index contributed by atoms with van der Waals surface area (Å²) < 4.78 is 0. The van der Waals surface area contributed by atoms with E-state index in [1.54, 1.807) is 11.8 Å². The van der Waals surface area contributed by atoms with Crippen molar-refractivity contribution in [3.8, 4) is 0 Å². The molecule has 1 aromatic rings. The Labute approximate surface area is 118 Å². The van der Waals surface area contributed by atoms with E-state index in [2.05, 4.69) is 0 Å². The van der Waals surface area contributed by atoms with Crippen molar-refractivity contribution in [1.29, 1.82) is 0 Å². The Morgan fingerprint density at radius 1 is 1.26 bits per heavy atom. The molecule has 0 amide bonds. The van der Waals surface area contributed by atoms with Crippen LogP contribution in [0.15, 0.2) is 46.4 Å². The van der Waals surface area contributed by atoms with Crippen LogP contribution in [0.2, 0.25) is 0 Å². The highest BCUT2D eigenvalue weighted by Crippen LogP contribution is 2.40. The summed E-state index contributed by atoms with van der Waals surface area (Å²) in [5, 5.41) is 0. The molecule has 100 valence electrons. The summed E-state index contributed by atoms with van der Waals surface area (Å²) in [5.74, 6) is 0.810. The number of rotatable bonds is 4. The molecule has 0 heterocycles. The lowest BCUT2D eigenvalue weighted by molar-refractivity contribution is -0.127. The minimum absolute atomic E-state index is 0.184. The van der Waals surface area contributed by atoms with Gasteiger partial charge in [0.1, 0.15) is 12.1 Å². The standard InChI is InChI=1S/C16H18O2S/c1-12-8-9-15(18)16(2,14(12)10-17)11-19-13-6-4-3-5-7-13/h3-7,10H,8-9,11H2,1-2H3. The van der Waals surface area contributed by atoms with E-state index in [1.807, 2.05) is 44.2 Å². The lowest BCUT2D eigenvalue weighted by atomic mass is 9.72. The van der Waals surface area contributed by atoms with Gasteiger partial charge in [-0.05, 0) is 32.4 Å². The van der Waals surface area contributed by atoms with Gasteiger partial charge >= 0.3 is 0 Å². The Morgan fingerprint density at radius 2 is 1.95 bits per heavy atom. The van der Waals surface area contributed by atoms with Crippen molar-refractivity contribution in [2.24, 2.45) is 5.41 Å². The Bertz CT molecular complexity index is 519. The number of hydrogen-bond acceptors (Lipinski definition) is 3. The van der Waals surface area contributed by atoms with Gasteiger partial charge in [0.25, 0.3) is 0 Å². The van der Waals surface area contributed by atoms with E-state index >= 15 is 0 Å². The molecule has 1 aromatic carbocycles. The molecule has 0 saturated heterocycles. The molecule has 2 nitrogen and oxygen atoms in total. The van der Waals surface area contributed by atoms with Crippen molar-refractivity contribution >= 4 is 23.8 Å². The van der Waals surface area contributed by atoms with Crippen LogP contribution in [0.4, 0.5) is 0 Å². The van der Waals surface area contributed by atoms with Gasteiger partial charge in [-0.1, -0.05) is 23.8 Å².